The van der Waals surface area contributed by atoms with E-state index in [0.717, 1.165) is 0 Å². The molecule has 1 fully saturated rings. The molecule has 1 saturated heterocycles. The minimum Gasteiger partial charge on any atom is -0.463 e. The van der Waals surface area contributed by atoms with Gasteiger partial charge in [0.1, 0.15) is 24.0 Å². The van der Waals surface area contributed by atoms with E-state index in [1.807, 2.05) is 6.07 Å². The van der Waals surface area contributed by atoms with Crippen LogP contribution < -0.4 is 15.4 Å². The molecule has 0 aliphatic carbocycles. The summed E-state index contributed by atoms with van der Waals surface area (Å²) in [5, 5.41) is 25.2. The summed E-state index contributed by atoms with van der Waals surface area (Å²) in [4.78, 5) is 22.8. The van der Waals surface area contributed by atoms with Gasteiger partial charge in [-0.3, -0.25) is 9.59 Å². The largest absolute Gasteiger partial charge is 0.463 e. The van der Waals surface area contributed by atoms with E-state index in [0.29, 0.717) is 5.75 Å². The van der Waals surface area contributed by atoms with Crippen molar-refractivity contribution >= 4 is 11.8 Å². The van der Waals surface area contributed by atoms with Crippen LogP contribution in [-0.2, 0) is 14.3 Å². The number of hydrogen-bond acceptors (Lipinski definition) is 6. The summed E-state index contributed by atoms with van der Waals surface area (Å²) in [5.41, 5.74) is 0. The molecule has 0 aromatic heterocycles. The standard InChI is InChI=1S/C16H22N2O6/c1-9(20)17-13-12(8-19)24-16(14(15(13)22)18-10(2)21)23-11-6-4-3-5-7-11/h3-7,12-16,19,22H,8H2,1-2H3,(H,17,20)(H,18,21)/t12-,13+,14-,15+,16-/m1/s1. The van der Waals surface area contributed by atoms with Crippen molar-refractivity contribution in [3.05, 3.63) is 30.3 Å². The fourth-order valence-corrected chi connectivity index (χ4v) is 2.64. The summed E-state index contributed by atoms with van der Waals surface area (Å²) in [5.74, 6) is -0.279. The highest BCUT2D eigenvalue weighted by Crippen LogP contribution is 2.24. The molecule has 0 spiro atoms. The van der Waals surface area contributed by atoms with Crippen LogP contribution in [0.3, 0.4) is 0 Å². The normalized spacial score (nSPS) is 29.6. The van der Waals surface area contributed by atoms with E-state index in [1.54, 1.807) is 24.3 Å². The molecular weight excluding hydrogens is 316 g/mol. The van der Waals surface area contributed by atoms with E-state index < -0.39 is 37.2 Å². The Kier molecular flexibility index (Phi) is 6.13. The lowest BCUT2D eigenvalue weighted by molar-refractivity contribution is -0.215. The summed E-state index contributed by atoms with van der Waals surface area (Å²) >= 11 is 0. The van der Waals surface area contributed by atoms with Gasteiger partial charge in [0, 0.05) is 13.8 Å². The van der Waals surface area contributed by atoms with Gasteiger partial charge in [0.25, 0.3) is 0 Å². The molecule has 0 unspecified atom stereocenters. The monoisotopic (exact) mass is 338 g/mol. The van der Waals surface area contributed by atoms with Crippen LogP contribution in [0, 0.1) is 0 Å². The van der Waals surface area contributed by atoms with Crippen LogP contribution in [0.5, 0.6) is 5.75 Å². The molecule has 1 aliphatic heterocycles. The van der Waals surface area contributed by atoms with Crippen molar-refractivity contribution in [1.29, 1.82) is 0 Å². The van der Waals surface area contributed by atoms with Crippen LogP contribution in [-0.4, -0.2) is 59.2 Å². The van der Waals surface area contributed by atoms with E-state index in [2.05, 4.69) is 10.6 Å². The van der Waals surface area contributed by atoms with Gasteiger partial charge >= 0.3 is 0 Å². The number of hydrogen-bond donors (Lipinski definition) is 4. The first kappa shape index (κ1) is 18.2. The Morgan fingerprint density at radius 3 is 2.25 bits per heavy atom. The summed E-state index contributed by atoms with van der Waals surface area (Å²) in [7, 11) is 0. The van der Waals surface area contributed by atoms with Crippen LogP contribution in [0.15, 0.2) is 30.3 Å². The quantitative estimate of drug-likeness (QED) is 0.556. The Bertz CT molecular complexity index is 567. The molecule has 0 saturated carbocycles. The summed E-state index contributed by atoms with van der Waals surface area (Å²) < 4.78 is 11.4. The van der Waals surface area contributed by atoms with Gasteiger partial charge in [0.05, 0.1) is 12.6 Å². The molecule has 1 aliphatic rings. The number of benzene rings is 1. The van der Waals surface area contributed by atoms with E-state index in [-0.39, 0.29) is 11.8 Å². The van der Waals surface area contributed by atoms with Crippen molar-refractivity contribution in [2.45, 2.75) is 44.4 Å². The molecule has 2 rings (SSSR count). The van der Waals surface area contributed by atoms with Crippen LogP contribution >= 0.6 is 0 Å². The third-order valence-corrected chi connectivity index (χ3v) is 3.65. The fourth-order valence-electron chi connectivity index (χ4n) is 2.64. The molecule has 1 aromatic rings. The Morgan fingerprint density at radius 1 is 1.12 bits per heavy atom. The molecule has 1 aromatic carbocycles. The number of nitrogens with one attached hydrogen (secondary N) is 2. The van der Waals surface area contributed by atoms with Gasteiger partial charge in [-0.2, -0.15) is 0 Å². The molecule has 8 nitrogen and oxygen atoms in total. The molecular formula is C16H22N2O6. The van der Waals surface area contributed by atoms with Crippen molar-refractivity contribution in [2.24, 2.45) is 0 Å². The van der Waals surface area contributed by atoms with E-state index >= 15 is 0 Å². The van der Waals surface area contributed by atoms with Gasteiger partial charge in [-0.05, 0) is 12.1 Å². The van der Waals surface area contributed by atoms with Crippen molar-refractivity contribution in [3.8, 4) is 5.75 Å². The summed E-state index contributed by atoms with van der Waals surface area (Å²) in [6.45, 7) is 2.17. The highest BCUT2D eigenvalue weighted by molar-refractivity contribution is 5.74. The molecule has 0 radical (unpaired) electrons. The van der Waals surface area contributed by atoms with E-state index in [4.69, 9.17) is 9.47 Å². The Labute approximate surface area is 139 Å². The Balaban J connectivity index is 2.23. The molecule has 24 heavy (non-hydrogen) atoms. The van der Waals surface area contributed by atoms with Gasteiger partial charge in [0.15, 0.2) is 0 Å². The predicted octanol–water partition coefficient (Wildman–Crippen LogP) is -0.847. The first-order valence-electron chi connectivity index (χ1n) is 7.62. The number of rotatable bonds is 5. The number of aliphatic hydroxyl groups excluding tert-OH is 2. The zero-order valence-electron chi connectivity index (χ0n) is 13.5. The average Bonchev–Trinajstić information content (AvgIpc) is 2.53. The summed E-state index contributed by atoms with van der Waals surface area (Å²) in [6.07, 6.45) is -3.09. The second-order valence-electron chi connectivity index (χ2n) is 5.60. The zero-order valence-corrected chi connectivity index (χ0v) is 13.5. The molecule has 2 amide bonds. The second kappa shape index (κ2) is 8.09. The maximum atomic E-state index is 11.5. The second-order valence-corrected chi connectivity index (χ2v) is 5.60. The number of amides is 2. The zero-order chi connectivity index (χ0) is 17.7. The predicted molar refractivity (Wildman–Crippen MR) is 84.0 cm³/mol. The molecule has 8 heteroatoms. The third kappa shape index (κ3) is 4.44. The minimum absolute atomic E-state index is 0.381. The van der Waals surface area contributed by atoms with Crippen molar-refractivity contribution < 1.29 is 29.3 Å². The van der Waals surface area contributed by atoms with E-state index in [1.165, 1.54) is 13.8 Å². The number of carbonyl (C=O) groups excluding carboxylic acids is 2. The highest BCUT2D eigenvalue weighted by Gasteiger charge is 2.47. The van der Waals surface area contributed by atoms with Gasteiger partial charge in [-0.1, -0.05) is 18.2 Å². The van der Waals surface area contributed by atoms with Crippen LogP contribution in [0.2, 0.25) is 0 Å². The minimum atomic E-state index is -1.20. The van der Waals surface area contributed by atoms with Gasteiger partial charge in [0.2, 0.25) is 18.1 Å². The highest BCUT2D eigenvalue weighted by atomic mass is 16.7. The fraction of sp³-hybridized carbons (Fsp3) is 0.500. The van der Waals surface area contributed by atoms with Gasteiger partial charge in [-0.25, -0.2) is 0 Å². The lowest BCUT2D eigenvalue weighted by Gasteiger charge is -2.44. The Hall–Kier alpha value is -2.16. The molecule has 0 bridgehead atoms. The van der Waals surface area contributed by atoms with Crippen molar-refractivity contribution in [2.75, 3.05) is 6.61 Å². The number of aliphatic hydroxyl groups is 2. The van der Waals surface area contributed by atoms with Crippen molar-refractivity contribution in [3.63, 3.8) is 0 Å². The third-order valence-electron chi connectivity index (χ3n) is 3.65. The van der Waals surface area contributed by atoms with E-state index in [9.17, 15) is 19.8 Å². The van der Waals surface area contributed by atoms with Crippen molar-refractivity contribution in [1.82, 2.24) is 10.6 Å². The SMILES string of the molecule is CC(=O)N[C@@H]1[C@H](O)[C@@H](NC(C)=O)[C@H](Oc2ccccc2)O[C@@H]1CO. The van der Waals surface area contributed by atoms with Gasteiger partial charge in [-0.15, -0.1) is 0 Å². The molecule has 1 heterocycles. The number of carbonyl (C=O) groups is 2. The maximum absolute atomic E-state index is 11.5. The average molecular weight is 338 g/mol. The first-order chi connectivity index (χ1) is 11.4. The van der Waals surface area contributed by atoms with Crippen LogP contribution in [0.1, 0.15) is 13.8 Å². The Morgan fingerprint density at radius 2 is 1.71 bits per heavy atom. The summed E-state index contributed by atoms with van der Waals surface area (Å²) in [6, 6.07) is 6.97. The molecule has 5 atom stereocenters. The lowest BCUT2D eigenvalue weighted by atomic mass is 9.94. The number of ether oxygens (including phenoxy) is 2. The number of para-hydroxylation sites is 1. The maximum Gasteiger partial charge on any atom is 0.223 e. The van der Waals surface area contributed by atoms with Gasteiger partial charge < -0.3 is 30.3 Å². The molecule has 132 valence electrons. The topological polar surface area (TPSA) is 117 Å². The lowest BCUT2D eigenvalue weighted by Crippen LogP contribution is -2.69. The smallest absolute Gasteiger partial charge is 0.223 e. The van der Waals surface area contributed by atoms with Crippen LogP contribution in [0.25, 0.3) is 0 Å². The first-order valence-corrected chi connectivity index (χ1v) is 7.62. The van der Waals surface area contributed by atoms with Crippen LogP contribution in [0.4, 0.5) is 0 Å². The molecule has 4 N–H and O–H groups in total.